The minimum absolute atomic E-state index is 0.181. The van der Waals surface area contributed by atoms with E-state index in [4.69, 9.17) is 10.5 Å². The SMILES string of the molecule is NCCOCCN1CCN(c2ccc(F)cc2)CC1. The first kappa shape index (κ1) is 14.2. The Bertz CT molecular complexity index is 363. The molecule has 0 radical (unpaired) electrons. The number of halogens is 1. The van der Waals surface area contributed by atoms with E-state index < -0.39 is 0 Å². The second kappa shape index (κ2) is 7.43. The Hall–Kier alpha value is -1.17. The molecule has 5 heteroatoms. The molecule has 1 aromatic rings. The molecule has 1 aromatic carbocycles. The molecule has 0 aromatic heterocycles. The van der Waals surface area contributed by atoms with Crippen LogP contribution in [0.1, 0.15) is 0 Å². The van der Waals surface area contributed by atoms with Crippen molar-refractivity contribution in [3.63, 3.8) is 0 Å². The standard InChI is InChI=1S/C14H22FN3O/c15-13-1-3-14(4-2-13)18-8-6-17(7-9-18)10-12-19-11-5-16/h1-4H,5-12,16H2. The van der Waals surface area contributed by atoms with Gasteiger partial charge in [-0.15, -0.1) is 0 Å². The molecule has 0 bridgehead atoms. The lowest BCUT2D eigenvalue weighted by atomic mass is 10.2. The molecule has 106 valence electrons. The predicted molar refractivity (Wildman–Crippen MR) is 74.9 cm³/mol. The van der Waals surface area contributed by atoms with Gasteiger partial charge in [0, 0.05) is 45.0 Å². The van der Waals surface area contributed by atoms with Gasteiger partial charge in [0.05, 0.1) is 13.2 Å². The van der Waals surface area contributed by atoms with Crippen molar-refractivity contribution < 1.29 is 9.13 Å². The zero-order chi connectivity index (χ0) is 13.5. The number of benzene rings is 1. The summed E-state index contributed by atoms with van der Waals surface area (Å²) in [6, 6.07) is 6.72. The average Bonchev–Trinajstić information content (AvgIpc) is 2.45. The molecule has 0 spiro atoms. The van der Waals surface area contributed by atoms with E-state index in [1.54, 1.807) is 0 Å². The maximum atomic E-state index is 12.9. The summed E-state index contributed by atoms with van der Waals surface area (Å²) >= 11 is 0. The molecule has 0 unspecified atom stereocenters. The van der Waals surface area contributed by atoms with Crippen LogP contribution in [0, 0.1) is 5.82 Å². The quantitative estimate of drug-likeness (QED) is 0.778. The second-order valence-corrected chi connectivity index (χ2v) is 4.71. The van der Waals surface area contributed by atoms with E-state index in [-0.39, 0.29) is 5.82 Å². The number of ether oxygens (including phenoxy) is 1. The molecule has 0 aliphatic carbocycles. The van der Waals surface area contributed by atoms with E-state index in [1.807, 2.05) is 12.1 Å². The molecule has 19 heavy (non-hydrogen) atoms. The van der Waals surface area contributed by atoms with Crippen LogP contribution in [0.4, 0.5) is 10.1 Å². The average molecular weight is 267 g/mol. The van der Waals surface area contributed by atoms with E-state index >= 15 is 0 Å². The van der Waals surface area contributed by atoms with Gasteiger partial charge < -0.3 is 15.4 Å². The van der Waals surface area contributed by atoms with E-state index in [9.17, 15) is 4.39 Å². The highest BCUT2D eigenvalue weighted by atomic mass is 19.1. The van der Waals surface area contributed by atoms with Gasteiger partial charge in [0.2, 0.25) is 0 Å². The first-order chi connectivity index (χ1) is 9.29. The Labute approximate surface area is 113 Å². The summed E-state index contributed by atoms with van der Waals surface area (Å²) in [7, 11) is 0. The molecule has 1 heterocycles. The number of piperazine rings is 1. The van der Waals surface area contributed by atoms with Crippen LogP contribution in [0.5, 0.6) is 0 Å². The smallest absolute Gasteiger partial charge is 0.123 e. The van der Waals surface area contributed by atoms with Gasteiger partial charge in [0.1, 0.15) is 5.82 Å². The van der Waals surface area contributed by atoms with Gasteiger partial charge in [-0.2, -0.15) is 0 Å². The van der Waals surface area contributed by atoms with Gasteiger partial charge in [0.25, 0.3) is 0 Å². The topological polar surface area (TPSA) is 41.7 Å². The normalized spacial score (nSPS) is 16.8. The molecule has 4 nitrogen and oxygen atoms in total. The molecule has 1 saturated heterocycles. The fraction of sp³-hybridized carbons (Fsp3) is 0.571. The predicted octanol–water partition coefficient (Wildman–Crippen LogP) is 0.923. The van der Waals surface area contributed by atoms with Gasteiger partial charge in [-0.25, -0.2) is 4.39 Å². The number of hydrogen-bond acceptors (Lipinski definition) is 4. The van der Waals surface area contributed by atoms with Crippen LogP contribution in [-0.2, 0) is 4.74 Å². The van der Waals surface area contributed by atoms with Gasteiger partial charge in [-0.05, 0) is 24.3 Å². The van der Waals surface area contributed by atoms with Crippen molar-refractivity contribution in [2.75, 3.05) is 57.4 Å². The summed E-state index contributed by atoms with van der Waals surface area (Å²) in [5.41, 5.74) is 6.47. The van der Waals surface area contributed by atoms with Crippen LogP contribution in [0.2, 0.25) is 0 Å². The van der Waals surface area contributed by atoms with Gasteiger partial charge in [-0.3, -0.25) is 4.90 Å². The fourth-order valence-electron chi connectivity index (χ4n) is 2.26. The summed E-state index contributed by atoms with van der Waals surface area (Å²) in [5.74, 6) is -0.181. The molecule has 1 aliphatic rings. The Morgan fingerprint density at radius 1 is 1.05 bits per heavy atom. The number of hydrogen-bond donors (Lipinski definition) is 1. The van der Waals surface area contributed by atoms with E-state index in [0.717, 1.165) is 45.0 Å². The molecular formula is C14H22FN3O. The minimum Gasteiger partial charge on any atom is -0.379 e. The van der Waals surface area contributed by atoms with Crippen molar-refractivity contribution in [1.82, 2.24) is 4.90 Å². The lowest BCUT2D eigenvalue weighted by Gasteiger charge is -2.36. The van der Waals surface area contributed by atoms with Crippen LogP contribution >= 0.6 is 0 Å². The van der Waals surface area contributed by atoms with Crippen molar-refractivity contribution in [2.24, 2.45) is 5.73 Å². The Kier molecular flexibility index (Phi) is 5.57. The van der Waals surface area contributed by atoms with Crippen molar-refractivity contribution in [2.45, 2.75) is 0 Å². The second-order valence-electron chi connectivity index (χ2n) is 4.71. The Morgan fingerprint density at radius 3 is 2.37 bits per heavy atom. The molecular weight excluding hydrogens is 245 g/mol. The van der Waals surface area contributed by atoms with E-state index in [1.165, 1.54) is 12.1 Å². The van der Waals surface area contributed by atoms with Crippen LogP contribution in [0.3, 0.4) is 0 Å². The summed E-state index contributed by atoms with van der Waals surface area (Å²) in [6.45, 7) is 6.90. The number of rotatable bonds is 6. The van der Waals surface area contributed by atoms with Crippen molar-refractivity contribution >= 4 is 5.69 Å². The number of nitrogens with zero attached hydrogens (tertiary/aromatic N) is 2. The maximum absolute atomic E-state index is 12.9. The maximum Gasteiger partial charge on any atom is 0.123 e. The molecule has 1 fully saturated rings. The third kappa shape index (κ3) is 4.45. The van der Waals surface area contributed by atoms with Crippen molar-refractivity contribution in [3.8, 4) is 0 Å². The summed E-state index contributed by atoms with van der Waals surface area (Å²) in [5, 5.41) is 0. The van der Waals surface area contributed by atoms with Crippen LogP contribution in [-0.4, -0.2) is 57.4 Å². The number of nitrogens with two attached hydrogens (primary N) is 1. The Morgan fingerprint density at radius 2 is 1.74 bits per heavy atom. The molecule has 0 amide bonds. The highest BCUT2D eigenvalue weighted by molar-refractivity contribution is 5.46. The Balaban J connectivity index is 1.71. The third-order valence-corrected chi connectivity index (χ3v) is 3.38. The molecule has 0 atom stereocenters. The molecule has 2 rings (SSSR count). The number of anilines is 1. The first-order valence-corrected chi connectivity index (χ1v) is 6.80. The van der Waals surface area contributed by atoms with Gasteiger partial charge >= 0.3 is 0 Å². The highest BCUT2D eigenvalue weighted by Crippen LogP contribution is 2.16. The van der Waals surface area contributed by atoms with Crippen LogP contribution in [0.15, 0.2) is 24.3 Å². The van der Waals surface area contributed by atoms with E-state index in [2.05, 4.69) is 9.80 Å². The summed E-state index contributed by atoms with van der Waals surface area (Å²) < 4.78 is 18.3. The highest BCUT2D eigenvalue weighted by Gasteiger charge is 2.16. The van der Waals surface area contributed by atoms with Gasteiger partial charge in [0.15, 0.2) is 0 Å². The van der Waals surface area contributed by atoms with Crippen LogP contribution in [0.25, 0.3) is 0 Å². The summed E-state index contributed by atoms with van der Waals surface area (Å²) in [6.07, 6.45) is 0. The monoisotopic (exact) mass is 267 g/mol. The third-order valence-electron chi connectivity index (χ3n) is 3.38. The minimum atomic E-state index is -0.181. The molecule has 1 aliphatic heterocycles. The lowest BCUT2D eigenvalue weighted by Crippen LogP contribution is -2.47. The van der Waals surface area contributed by atoms with Crippen molar-refractivity contribution in [3.05, 3.63) is 30.1 Å². The largest absolute Gasteiger partial charge is 0.379 e. The fourth-order valence-corrected chi connectivity index (χ4v) is 2.26. The van der Waals surface area contributed by atoms with E-state index in [0.29, 0.717) is 13.2 Å². The first-order valence-electron chi connectivity index (χ1n) is 6.80. The summed E-state index contributed by atoms with van der Waals surface area (Å²) in [4.78, 5) is 4.67. The lowest BCUT2D eigenvalue weighted by molar-refractivity contribution is 0.107. The van der Waals surface area contributed by atoms with Crippen molar-refractivity contribution in [1.29, 1.82) is 0 Å². The van der Waals surface area contributed by atoms with Crippen LogP contribution < -0.4 is 10.6 Å². The molecule has 2 N–H and O–H groups in total. The zero-order valence-electron chi connectivity index (χ0n) is 11.2. The van der Waals surface area contributed by atoms with Gasteiger partial charge in [-0.1, -0.05) is 0 Å². The zero-order valence-corrected chi connectivity index (χ0v) is 11.2. The molecule has 0 saturated carbocycles.